The van der Waals surface area contributed by atoms with E-state index in [0.29, 0.717) is 17.7 Å². The van der Waals surface area contributed by atoms with E-state index in [2.05, 4.69) is 4.72 Å². The molecule has 2 rings (SSSR count). The van der Waals surface area contributed by atoms with E-state index in [9.17, 15) is 16.8 Å². The monoisotopic (exact) mass is 310 g/mol. The van der Waals surface area contributed by atoms with Crippen molar-refractivity contribution in [2.45, 2.75) is 35.3 Å². The third-order valence-electron chi connectivity index (χ3n) is 2.61. The van der Waals surface area contributed by atoms with Gasteiger partial charge in [-0.15, -0.1) is 11.3 Å². The van der Waals surface area contributed by atoms with Crippen molar-refractivity contribution in [1.82, 2.24) is 4.72 Å². The van der Waals surface area contributed by atoms with Gasteiger partial charge in [-0.25, -0.2) is 26.7 Å². The molecule has 18 heavy (non-hydrogen) atoms. The largest absolute Gasteiger partial charge is 0.247 e. The van der Waals surface area contributed by atoms with Crippen molar-refractivity contribution in [1.29, 1.82) is 0 Å². The van der Waals surface area contributed by atoms with Gasteiger partial charge in [-0.05, 0) is 31.9 Å². The zero-order chi connectivity index (χ0) is 13.6. The molecular formula is C9H14N2O4S3. The number of sulfonamides is 2. The van der Waals surface area contributed by atoms with Crippen LogP contribution in [0.15, 0.2) is 16.3 Å². The third-order valence-corrected chi connectivity index (χ3v) is 7.35. The molecule has 102 valence electrons. The van der Waals surface area contributed by atoms with E-state index in [4.69, 9.17) is 5.14 Å². The van der Waals surface area contributed by atoms with Crippen LogP contribution in [0, 0.1) is 0 Å². The summed E-state index contributed by atoms with van der Waals surface area (Å²) in [4.78, 5) is 0.628. The summed E-state index contributed by atoms with van der Waals surface area (Å²) < 4.78 is 48.3. The molecule has 0 aliphatic heterocycles. The Morgan fingerprint density at radius 1 is 1.33 bits per heavy atom. The number of nitrogens with two attached hydrogens (primary N) is 1. The average Bonchev–Trinajstić information content (AvgIpc) is 2.94. The van der Waals surface area contributed by atoms with Gasteiger partial charge in [-0.1, -0.05) is 0 Å². The van der Waals surface area contributed by atoms with Gasteiger partial charge in [0.2, 0.25) is 20.0 Å². The molecule has 0 amide bonds. The lowest BCUT2D eigenvalue weighted by molar-refractivity contribution is 0.567. The van der Waals surface area contributed by atoms with Crippen LogP contribution in [0.4, 0.5) is 0 Å². The van der Waals surface area contributed by atoms with Gasteiger partial charge >= 0.3 is 0 Å². The lowest BCUT2D eigenvalue weighted by atomic mass is 10.3. The second-order valence-corrected chi connectivity index (χ2v) is 9.18. The molecule has 9 heteroatoms. The smallest absolute Gasteiger partial charge is 0.224 e. The maximum atomic E-state index is 11.7. The molecule has 1 fully saturated rings. The lowest BCUT2D eigenvalue weighted by Crippen LogP contribution is -2.29. The van der Waals surface area contributed by atoms with E-state index in [0.717, 1.165) is 11.3 Å². The molecule has 0 spiro atoms. The zero-order valence-corrected chi connectivity index (χ0v) is 12.1. The van der Waals surface area contributed by atoms with Crippen molar-refractivity contribution in [3.05, 3.63) is 17.0 Å². The fourth-order valence-electron chi connectivity index (χ4n) is 1.50. The molecule has 0 aromatic carbocycles. The van der Waals surface area contributed by atoms with Gasteiger partial charge in [-0.3, -0.25) is 0 Å². The molecular weight excluding hydrogens is 296 g/mol. The second-order valence-electron chi connectivity index (χ2n) is 4.29. The summed E-state index contributed by atoms with van der Waals surface area (Å²) in [7, 11) is -7.01. The van der Waals surface area contributed by atoms with Crippen molar-refractivity contribution < 1.29 is 16.8 Å². The van der Waals surface area contributed by atoms with Gasteiger partial charge in [0, 0.05) is 4.88 Å². The standard InChI is InChI=1S/C9H14N2O4S3/c1-6(11-18(14,15)7-2-3-7)8-4-5-9(16-8)17(10,12)13/h4-7,11H,2-3H2,1H3,(H2,10,12,13). The Kier molecular flexibility index (Phi) is 3.54. The van der Waals surface area contributed by atoms with Crippen molar-refractivity contribution in [3.8, 4) is 0 Å². The average molecular weight is 310 g/mol. The highest BCUT2D eigenvalue weighted by Gasteiger charge is 2.36. The van der Waals surface area contributed by atoms with Crippen LogP contribution in [0.5, 0.6) is 0 Å². The van der Waals surface area contributed by atoms with Crippen LogP contribution >= 0.6 is 11.3 Å². The minimum Gasteiger partial charge on any atom is -0.224 e. The molecule has 1 heterocycles. The van der Waals surface area contributed by atoms with Crippen LogP contribution < -0.4 is 9.86 Å². The Balaban J connectivity index is 2.14. The molecule has 0 saturated heterocycles. The minimum absolute atomic E-state index is 0.0370. The lowest BCUT2D eigenvalue weighted by Gasteiger charge is -2.11. The first-order chi connectivity index (χ1) is 8.20. The quantitative estimate of drug-likeness (QED) is 0.827. The second kappa shape index (κ2) is 4.57. The summed E-state index contributed by atoms with van der Waals surface area (Å²) in [5.74, 6) is 0. The van der Waals surface area contributed by atoms with Crippen molar-refractivity contribution in [2.75, 3.05) is 0 Å². The normalized spacial score (nSPS) is 18.8. The highest BCUT2D eigenvalue weighted by atomic mass is 32.2. The fraction of sp³-hybridized carbons (Fsp3) is 0.556. The van der Waals surface area contributed by atoms with Crippen molar-refractivity contribution in [3.63, 3.8) is 0 Å². The number of primary sulfonamides is 1. The summed E-state index contributed by atoms with van der Waals surface area (Å²) in [6, 6.07) is 2.51. The predicted molar refractivity (Wildman–Crippen MR) is 69.2 cm³/mol. The Morgan fingerprint density at radius 3 is 2.39 bits per heavy atom. The van der Waals surface area contributed by atoms with Gasteiger partial charge in [0.05, 0.1) is 11.3 Å². The molecule has 1 aromatic heterocycles. The van der Waals surface area contributed by atoms with E-state index >= 15 is 0 Å². The molecule has 6 nitrogen and oxygen atoms in total. The van der Waals surface area contributed by atoms with Crippen LogP contribution in [0.1, 0.15) is 30.7 Å². The molecule has 1 unspecified atom stereocenters. The molecule has 0 radical (unpaired) electrons. The predicted octanol–water partition coefficient (Wildman–Crippen LogP) is 0.538. The van der Waals surface area contributed by atoms with E-state index in [1.54, 1.807) is 13.0 Å². The third kappa shape index (κ3) is 3.09. The van der Waals surface area contributed by atoms with Crippen LogP contribution in [0.3, 0.4) is 0 Å². The molecule has 1 atom stereocenters. The minimum atomic E-state index is -3.72. The van der Waals surface area contributed by atoms with E-state index < -0.39 is 26.1 Å². The number of hydrogen-bond donors (Lipinski definition) is 2. The van der Waals surface area contributed by atoms with E-state index in [1.807, 2.05) is 0 Å². The SMILES string of the molecule is CC(NS(=O)(=O)C1CC1)c1ccc(S(N)(=O)=O)s1. The number of thiophene rings is 1. The van der Waals surface area contributed by atoms with Gasteiger partial charge in [0.25, 0.3) is 0 Å². The topological polar surface area (TPSA) is 106 Å². The number of rotatable bonds is 5. The van der Waals surface area contributed by atoms with Gasteiger partial charge in [0.1, 0.15) is 4.21 Å². The summed E-state index contributed by atoms with van der Waals surface area (Å²) in [6.45, 7) is 1.68. The highest BCUT2D eigenvalue weighted by Crippen LogP contribution is 2.31. The molecule has 1 aromatic rings. The summed E-state index contributed by atoms with van der Waals surface area (Å²) in [6.07, 6.45) is 1.38. The van der Waals surface area contributed by atoms with Crippen molar-refractivity contribution in [2.24, 2.45) is 5.14 Å². The Bertz CT molecular complexity index is 643. The summed E-state index contributed by atoms with van der Waals surface area (Å²) in [5.41, 5.74) is 0. The van der Waals surface area contributed by atoms with Crippen LogP contribution in [0.25, 0.3) is 0 Å². The molecule has 0 bridgehead atoms. The fourth-order valence-corrected chi connectivity index (χ4v) is 4.89. The molecule has 3 N–H and O–H groups in total. The first-order valence-corrected chi connectivity index (χ1v) is 9.25. The van der Waals surface area contributed by atoms with E-state index in [-0.39, 0.29) is 9.46 Å². The zero-order valence-electron chi connectivity index (χ0n) is 9.66. The molecule has 1 aliphatic rings. The molecule has 1 aliphatic carbocycles. The van der Waals surface area contributed by atoms with Crippen LogP contribution in [-0.2, 0) is 20.0 Å². The molecule has 1 saturated carbocycles. The Hall–Kier alpha value is -0.480. The maximum Gasteiger partial charge on any atom is 0.247 e. The van der Waals surface area contributed by atoms with Crippen molar-refractivity contribution >= 4 is 31.4 Å². The number of nitrogens with one attached hydrogen (secondary N) is 1. The first kappa shape index (κ1) is 13.9. The van der Waals surface area contributed by atoms with Gasteiger partial charge in [0.15, 0.2) is 0 Å². The van der Waals surface area contributed by atoms with Gasteiger partial charge in [-0.2, -0.15) is 0 Å². The van der Waals surface area contributed by atoms with E-state index in [1.165, 1.54) is 6.07 Å². The summed E-state index contributed by atoms with van der Waals surface area (Å²) >= 11 is 0.981. The van der Waals surface area contributed by atoms with Crippen LogP contribution in [0.2, 0.25) is 0 Å². The number of hydrogen-bond acceptors (Lipinski definition) is 5. The Labute approximate surface area is 110 Å². The van der Waals surface area contributed by atoms with Crippen LogP contribution in [-0.4, -0.2) is 22.1 Å². The highest BCUT2D eigenvalue weighted by molar-refractivity contribution is 7.91. The first-order valence-electron chi connectivity index (χ1n) is 5.34. The Morgan fingerprint density at radius 2 is 1.94 bits per heavy atom. The summed E-state index contributed by atoms with van der Waals surface area (Å²) in [5, 5.41) is 4.71. The maximum absolute atomic E-state index is 11.7. The van der Waals surface area contributed by atoms with Gasteiger partial charge < -0.3 is 0 Å².